The highest BCUT2D eigenvalue weighted by Crippen LogP contribution is 2.36. The molecule has 3 rings (SSSR count). The van der Waals surface area contributed by atoms with Crippen LogP contribution < -0.4 is 5.32 Å². The van der Waals surface area contributed by atoms with Gasteiger partial charge in [-0.3, -0.25) is 0 Å². The second-order valence-electron chi connectivity index (χ2n) is 6.36. The van der Waals surface area contributed by atoms with Crippen molar-refractivity contribution in [3.05, 3.63) is 29.8 Å². The Labute approximate surface area is 132 Å². The van der Waals surface area contributed by atoms with Crippen molar-refractivity contribution >= 4 is 11.7 Å². The lowest BCUT2D eigenvalue weighted by Gasteiger charge is -2.37. The molecule has 1 saturated carbocycles. The van der Waals surface area contributed by atoms with Crippen molar-refractivity contribution in [2.75, 3.05) is 18.5 Å². The maximum atomic E-state index is 12.6. The molecule has 1 aliphatic carbocycles. The lowest BCUT2D eigenvalue weighted by Crippen LogP contribution is -2.48. The van der Waals surface area contributed by atoms with Crippen LogP contribution in [0, 0.1) is 5.92 Å². The molecule has 0 radical (unpaired) electrons. The second-order valence-corrected chi connectivity index (χ2v) is 6.36. The molecule has 4 heteroatoms. The second kappa shape index (κ2) is 7.14. The molecule has 4 nitrogen and oxygen atoms in total. The summed E-state index contributed by atoms with van der Waals surface area (Å²) in [5, 5.41) is 3.05. The van der Waals surface area contributed by atoms with Crippen LogP contribution in [0.25, 0.3) is 0 Å². The SMILES string of the molecule is CCOCc1ccc(NC(=O)N2CCC[C@@H]3CCC[C@@H]32)cc1. The average molecular weight is 302 g/mol. The van der Waals surface area contributed by atoms with Crippen LogP contribution in [0.4, 0.5) is 10.5 Å². The maximum Gasteiger partial charge on any atom is 0.322 e. The summed E-state index contributed by atoms with van der Waals surface area (Å²) in [5.41, 5.74) is 2.00. The maximum absolute atomic E-state index is 12.6. The van der Waals surface area contributed by atoms with Crippen LogP contribution in [-0.4, -0.2) is 30.1 Å². The van der Waals surface area contributed by atoms with Crippen LogP contribution >= 0.6 is 0 Å². The predicted octanol–water partition coefficient (Wildman–Crippen LogP) is 4.02. The van der Waals surface area contributed by atoms with Gasteiger partial charge < -0.3 is 15.0 Å². The Morgan fingerprint density at radius 3 is 2.77 bits per heavy atom. The van der Waals surface area contributed by atoms with Crippen LogP contribution in [-0.2, 0) is 11.3 Å². The van der Waals surface area contributed by atoms with Crippen molar-refractivity contribution in [2.45, 2.75) is 51.7 Å². The van der Waals surface area contributed by atoms with E-state index in [1.807, 2.05) is 31.2 Å². The monoisotopic (exact) mass is 302 g/mol. The summed E-state index contributed by atoms with van der Waals surface area (Å²) in [5.74, 6) is 0.730. The molecule has 2 aliphatic rings. The number of urea groups is 1. The van der Waals surface area contributed by atoms with E-state index in [9.17, 15) is 4.79 Å². The number of fused-ring (bicyclic) bond motifs is 1. The standard InChI is InChI=1S/C18H26N2O2/c1-2-22-13-14-8-10-16(11-9-14)19-18(21)20-12-4-6-15-5-3-7-17(15)20/h8-11,15,17H,2-7,12-13H2,1H3,(H,19,21)/t15-,17-/m0/s1. The fourth-order valence-electron chi connectivity index (χ4n) is 3.81. The third-order valence-electron chi connectivity index (χ3n) is 4.93. The van der Waals surface area contributed by atoms with Gasteiger partial charge in [-0.2, -0.15) is 0 Å². The number of benzene rings is 1. The summed E-state index contributed by atoms with van der Waals surface area (Å²) in [6.45, 7) is 4.23. The van der Waals surface area contributed by atoms with Crippen LogP contribution in [0.15, 0.2) is 24.3 Å². The fraction of sp³-hybridized carbons (Fsp3) is 0.611. The van der Waals surface area contributed by atoms with E-state index in [0.29, 0.717) is 12.6 Å². The van der Waals surface area contributed by atoms with Crippen molar-refractivity contribution in [1.82, 2.24) is 4.90 Å². The molecule has 1 aromatic carbocycles. The Bertz CT molecular complexity index is 500. The minimum Gasteiger partial charge on any atom is -0.377 e. The molecule has 1 aromatic rings. The van der Waals surface area contributed by atoms with Crippen molar-refractivity contribution in [3.63, 3.8) is 0 Å². The predicted molar refractivity (Wildman–Crippen MR) is 87.9 cm³/mol. The van der Waals surface area contributed by atoms with Gasteiger partial charge in [0.2, 0.25) is 0 Å². The fourth-order valence-corrected chi connectivity index (χ4v) is 3.81. The number of anilines is 1. The molecule has 0 spiro atoms. The molecule has 120 valence electrons. The first kappa shape index (κ1) is 15.3. The van der Waals surface area contributed by atoms with Gasteiger partial charge in [0.25, 0.3) is 0 Å². The summed E-state index contributed by atoms with van der Waals surface area (Å²) in [6.07, 6.45) is 6.17. The Morgan fingerprint density at radius 1 is 1.23 bits per heavy atom. The van der Waals surface area contributed by atoms with Crippen molar-refractivity contribution in [2.24, 2.45) is 5.92 Å². The number of nitrogens with zero attached hydrogens (tertiary/aromatic N) is 1. The van der Waals surface area contributed by atoms with Crippen molar-refractivity contribution in [1.29, 1.82) is 0 Å². The number of hydrogen-bond acceptors (Lipinski definition) is 2. The molecule has 1 N–H and O–H groups in total. The van der Waals surface area contributed by atoms with Gasteiger partial charge >= 0.3 is 6.03 Å². The average Bonchev–Trinajstić information content (AvgIpc) is 3.02. The Morgan fingerprint density at radius 2 is 2.00 bits per heavy atom. The molecule has 2 amide bonds. The third kappa shape index (κ3) is 3.43. The Balaban J connectivity index is 1.59. The summed E-state index contributed by atoms with van der Waals surface area (Å²) in [7, 11) is 0. The van der Waals surface area contributed by atoms with Gasteiger partial charge in [-0.05, 0) is 56.2 Å². The molecule has 2 atom stereocenters. The van der Waals surface area contributed by atoms with Gasteiger partial charge in [-0.1, -0.05) is 18.6 Å². The first-order valence-electron chi connectivity index (χ1n) is 8.52. The first-order valence-corrected chi connectivity index (χ1v) is 8.52. The number of carbonyl (C=O) groups excluding carboxylic acids is 1. The van der Waals surface area contributed by atoms with E-state index in [0.717, 1.165) is 36.7 Å². The van der Waals surface area contributed by atoms with Gasteiger partial charge in [0.15, 0.2) is 0 Å². The third-order valence-corrected chi connectivity index (χ3v) is 4.93. The number of carbonyl (C=O) groups is 1. The van der Waals surface area contributed by atoms with Gasteiger partial charge in [0, 0.05) is 24.9 Å². The van der Waals surface area contributed by atoms with Gasteiger partial charge in [-0.15, -0.1) is 0 Å². The summed E-state index contributed by atoms with van der Waals surface area (Å²) in [6, 6.07) is 8.48. The Hall–Kier alpha value is -1.55. The zero-order valence-electron chi connectivity index (χ0n) is 13.4. The van der Waals surface area contributed by atoms with Crippen molar-refractivity contribution < 1.29 is 9.53 Å². The molecule has 2 fully saturated rings. The lowest BCUT2D eigenvalue weighted by atomic mass is 9.92. The number of likely N-dealkylation sites (tertiary alicyclic amines) is 1. The van der Waals surface area contributed by atoms with Crippen LogP contribution in [0.2, 0.25) is 0 Å². The molecule has 0 bridgehead atoms. The number of amides is 2. The smallest absolute Gasteiger partial charge is 0.322 e. The van der Waals surface area contributed by atoms with E-state index in [1.165, 1.54) is 25.7 Å². The molecule has 1 aliphatic heterocycles. The first-order chi connectivity index (χ1) is 10.8. The molecular formula is C18H26N2O2. The highest BCUT2D eigenvalue weighted by Gasteiger charge is 2.37. The topological polar surface area (TPSA) is 41.6 Å². The molecule has 0 unspecified atom stereocenters. The summed E-state index contributed by atoms with van der Waals surface area (Å²) < 4.78 is 5.39. The number of ether oxygens (including phenoxy) is 1. The van der Waals surface area contributed by atoms with E-state index in [1.54, 1.807) is 0 Å². The summed E-state index contributed by atoms with van der Waals surface area (Å²) in [4.78, 5) is 14.6. The zero-order chi connectivity index (χ0) is 15.4. The minimum absolute atomic E-state index is 0.0640. The number of nitrogens with one attached hydrogen (secondary N) is 1. The number of hydrogen-bond donors (Lipinski definition) is 1. The largest absolute Gasteiger partial charge is 0.377 e. The quantitative estimate of drug-likeness (QED) is 0.912. The van der Waals surface area contributed by atoms with E-state index in [4.69, 9.17) is 4.74 Å². The van der Waals surface area contributed by atoms with E-state index in [-0.39, 0.29) is 6.03 Å². The molecular weight excluding hydrogens is 276 g/mol. The Kier molecular flexibility index (Phi) is 4.98. The van der Waals surface area contributed by atoms with Crippen molar-refractivity contribution in [3.8, 4) is 0 Å². The highest BCUT2D eigenvalue weighted by molar-refractivity contribution is 5.89. The van der Waals surface area contributed by atoms with Gasteiger partial charge in [0.05, 0.1) is 6.61 Å². The van der Waals surface area contributed by atoms with Crippen LogP contribution in [0.1, 0.15) is 44.6 Å². The van der Waals surface area contributed by atoms with Gasteiger partial charge in [-0.25, -0.2) is 4.79 Å². The van der Waals surface area contributed by atoms with E-state index in [2.05, 4.69) is 10.2 Å². The number of piperidine rings is 1. The summed E-state index contributed by atoms with van der Waals surface area (Å²) >= 11 is 0. The minimum atomic E-state index is 0.0640. The molecule has 22 heavy (non-hydrogen) atoms. The lowest BCUT2D eigenvalue weighted by molar-refractivity contribution is 0.134. The van der Waals surface area contributed by atoms with E-state index >= 15 is 0 Å². The molecule has 1 saturated heterocycles. The normalized spacial score (nSPS) is 24.1. The van der Waals surface area contributed by atoms with Crippen LogP contribution in [0.5, 0.6) is 0 Å². The van der Waals surface area contributed by atoms with Gasteiger partial charge in [0.1, 0.15) is 0 Å². The molecule has 0 aromatic heterocycles. The number of rotatable bonds is 4. The highest BCUT2D eigenvalue weighted by atomic mass is 16.5. The molecule has 1 heterocycles. The van der Waals surface area contributed by atoms with Crippen LogP contribution in [0.3, 0.4) is 0 Å². The van der Waals surface area contributed by atoms with E-state index < -0.39 is 0 Å². The zero-order valence-corrected chi connectivity index (χ0v) is 13.4.